The zero-order valence-electron chi connectivity index (χ0n) is 9.62. The minimum absolute atomic E-state index is 0.0200. The quantitative estimate of drug-likeness (QED) is 0.935. The highest BCUT2D eigenvalue weighted by Crippen LogP contribution is 2.21. The van der Waals surface area contributed by atoms with Gasteiger partial charge in [-0.2, -0.15) is 0 Å². The summed E-state index contributed by atoms with van der Waals surface area (Å²) in [5.74, 6) is -1.17. The van der Waals surface area contributed by atoms with Crippen molar-refractivity contribution in [2.45, 2.75) is 10.6 Å². The number of rotatable bonds is 4. The molecule has 0 aliphatic carbocycles. The molecule has 0 amide bonds. The van der Waals surface area contributed by atoms with Crippen molar-refractivity contribution in [2.75, 3.05) is 0 Å². The summed E-state index contributed by atoms with van der Waals surface area (Å²) >= 11 is 5.95. The number of aromatic nitrogens is 2. The SMILES string of the molecule is O=C(O)c1cncnc1CS(=O)c1ccccc1Cl. The van der Waals surface area contributed by atoms with Crippen molar-refractivity contribution in [2.24, 2.45) is 0 Å². The molecule has 1 heterocycles. The van der Waals surface area contributed by atoms with E-state index in [9.17, 15) is 9.00 Å². The molecule has 0 spiro atoms. The molecule has 0 aliphatic rings. The van der Waals surface area contributed by atoms with Gasteiger partial charge in [-0.1, -0.05) is 23.7 Å². The summed E-state index contributed by atoms with van der Waals surface area (Å²) in [6.45, 7) is 0. The van der Waals surface area contributed by atoms with E-state index in [1.165, 1.54) is 12.5 Å². The van der Waals surface area contributed by atoms with Gasteiger partial charge in [-0.15, -0.1) is 0 Å². The highest BCUT2D eigenvalue weighted by molar-refractivity contribution is 7.84. The van der Waals surface area contributed by atoms with Crippen LogP contribution in [0.15, 0.2) is 41.7 Å². The molecule has 0 saturated carbocycles. The van der Waals surface area contributed by atoms with Crippen LogP contribution in [0.2, 0.25) is 5.02 Å². The van der Waals surface area contributed by atoms with Crippen LogP contribution in [0.25, 0.3) is 0 Å². The molecule has 2 aromatic rings. The number of hydrogen-bond donors (Lipinski definition) is 1. The molecule has 7 heteroatoms. The van der Waals surface area contributed by atoms with Crippen LogP contribution in [0.3, 0.4) is 0 Å². The Labute approximate surface area is 116 Å². The van der Waals surface area contributed by atoms with E-state index < -0.39 is 16.8 Å². The van der Waals surface area contributed by atoms with Crippen molar-refractivity contribution in [3.63, 3.8) is 0 Å². The summed E-state index contributed by atoms with van der Waals surface area (Å²) in [6, 6.07) is 6.72. The predicted molar refractivity (Wildman–Crippen MR) is 70.6 cm³/mol. The predicted octanol–water partition coefficient (Wildman–Crippen LogP) is 2.14. The fourth-order valence-electron chi connectivity index (χ4n) is 1.48. The Balaban J connectivity index is 2.30. The van der Waals surface area contributed by atoms with E-state index in [1.807, 2.05) is 0 Å². The van der Waals surface area contributed by atoms with Gasteiger partial charge in [-0.25, -0.2) is 14.8 Å². The summed E-state index contributed by atoms with van der Waals surface area (Å²) < 4.78 is 12.2. The average Bonchev–Trinajstić information content (AvgIpc) is 2.39. The van der Waals surface area contributed by atoms with Gasteiger partial charge in [0.25, 0.3) is 0 Å². The van der Waals surface area contributed by atoms with Crippen LogP contribution in [0.1, 0.15) is 16.1 Å². The van der Waals surface area contributed by atoms with E-state index in [-0.39, 0.29) is 17.0 Å². The van der Waals surface area contributed by atoms with Crippen LogP contribution in [0.5, 0.6) is 0 Å². The second-order valence-electron chi connectivity index (χ2n) is 3.61. The van der Waals surface area contributed by atoms with Gasteiger partial charge in [0, 0.05) is 6.20 Å². The highest BCUT2D eigenvalue weighted by atomic mass is 35.5. The first-order valence-corrected chi connectivity index (χ1v) is 6.94. The van der Waals surface area contributed by atoms with Gasteiger partial charge in [0.05, 0.1) is 32.2 Å². The lowest BCUT2D eigenvalue weighted by Crippen LogP contribution is -2.08. The Bertz CT molecular complexity index is 648. The van der Waals surface area contributed by atoms with Crippen molar-refractivity contribution in [3.05, 3.63) is 53.1 Å². The Hall–Kier alpha value is -1.79. The Morgan fingerprint density at radius 1 is 1.37 bits per heavy atom. The van der Waals surface area contributed by atoms with Crippen molar-refractivity contribution in [1.82, 2.24) is 9.97 Å². The zero-order chi connectivity index (χ0) is 13.8. The van der Waals surface area contributed by atoms with E-state index in [0.29, 0.717) is 9.92 Å². The second-order valence-corrected chi connectivity index (χ2v) is 5.44. The second kappa shape index (κ2) is 5.90. The molecule has 2 rings (SSSR count). The molecule has 1 N–H and O–H groups in total. The van der Waals surface area contributed by atoms with Gasteiger partial charge in [0.2, 0.25) is 0 Å². The van der Waals surface area contributed by atoms with Crippen molar-refractivity contribution in [3.8, 4) is 0 Å². The average molecular weight is 297 g/mol. The van der Waals surface area contributed by atoms with Gasteiger partial charge in [0.1, 0.15) is 11.9 Å². The Morgan fingerprint density at radius 2 is 2.11 bits per heavy atom. The number of carbonyl (C=O) groups is 1. The fraction of sp³-hybridized carbons (Fsp3) is 0.0833. The van der Waals surface area contributed by atoms with Gasteiger partial charge < -0.3 is 5.11 Å². The molecule has 0 fully saturated rings. The zero-order valence-corrected chi connectivity index (χ0v) is 11.2. The number of halogens is 1. The van der Waals surface area contributed by atoms with Crippen LogP contribution < -0.4 is 0 Å². The van der Waals surface area contributed by atoms with Crippen molar-refractivity contribution < 1.29 is 14.1 Å². The molecule has 5 nitrogen and oxygen atoms in total. The van der Waals surface area contributed by atoms with Crippen molar-refractivity contribution in [1.29, 1.82) is 0 Å². The monoisotopic (exact) mass is 296 g/mol. The summed E-state index contributed by atoms with van der Waals surface area (Å²) in [5, 5.41) is 9.38. The normalized spacial score (nSPS) is 12.1. The van der Waals surface area contributed by atoms with Crippen LogP contribution in [-0.2, 0) is 16.6 Å². The summed E-state index contributed by atoms with van der Waals surface area (Å²) in [7, 11) is -1.46. The molecule has 1 atom stereocenters. The standard InChI is InChI=1S/C12H9ClN2O3S/c13-9-3-1-2-4-11(9)19(18)6-10-8(12(16)17)5-14-7-15-10/h1-5,7H,6H2,(H,16,17). The van der Waals surface area contributed by atoms with Crippen LogP contribution in [0.4, 0.5) is 0 Å². The Kier molecular flexibility index (Phi) is 4.24. The lowest BCUT2D eigenvalue weighted by molar-refractivity contribution is 0.0695. The number of aromatic carboxylic acids is 1. The smallest absolute Gasteiger partial charge is 0.339 e. The molecular formula is C12H9ClN2O3S. The third-order valence-corrected chi connectivity index (χ3v) is 4.20. The summed E-state index contributed by atoms with van der Waals surface area (Å²) in [4.78, 5) is 19.0. The molecular weight excluding hydrogens is 288 g/mol. The van der Waals surface area contributed by atoms with Gasteiger partial charge in [0.15, 0.2) is 0 Å². The van der Waals surface area contributed by atoms with Gasteiger partial charge >= 0.3 is 5.97 Å². The van der Waals surface area contributed by atoms with E-state index in [1.54, 1.807) is 24.3 Å². The number of carboxylic acids is 1. The third-order valence-electron chi connectivity index (χ3n) is 2.37. The molecule has 0 aliphatic heterocycles. The molecule has 0 saturated heterocycles. The molecule has 19 heavy (non-hydrogen) atoms. The van der Waals surface area contributed by atoms with E-state index >= 15 is 0 Å². The molecule has 98 valence electrons. The van der Waals surface area contributed by atoms with E-state index in [2.05, 4.69) is 9.97 Å². The number of nitrogens with zero attached hydrogens (tertiary/aromatic N) is 2. The molecule has 1 unspecified atom stereocenters. The first-order valence-electron chi connectivity index (χ1n) is 5.24. The van der Waals surface area contributed by atoms with Crippen molar-refractivity contribution >= 4 is 28.4 Å². The molecule has 1 aromatic carbocycles. The van der Waals surface area contributed by atoms with E-state index in [0.717, 1.165) is 0 Å². The highest BCUT2D eigenvalue weighted by Gasteiger charge is 2.16. The molecule has 0 bridgehead atoms. The molecule has 1 aromatic heterocycles. The third kappa shape index (κ3) is 3.15. The Morgan fingerprint density at radius 3 is 2.79 bits per heavy atom. The minimum atomic E-state index is -1.46. The summed E-state index contributed by atoms with van der Waals surface area (Å²) in [5.41, 5.74) is 0.170. The van der Waals surface area contributed by atoms with Crippen LogP contribution in [0, 0.1) is 0 Å². The molecule has 0 radical (unpaired) electrons. The number of carboxylic acid groups (broad SMARTS) is 1. The lowest BCUT2D eigenvalue weighted by atomic mass is 10.2. The lowest BCUT2D eigenvalue weighted by Gasteiger charge is -2.06. The number of benzene rings is 1. The summed E-state index contributed by atoms with van der Waals surface area (Å²) in [6.07, 6.45) is 2.42. The maximum atomic E-state index is 12.2. The van der Waals surface area contributed by atoms with Gasteiger partial charge in [-0.05, 0) is 12.1 Å². The first kappa shape index (κ1) is 13.6. The van der Waals surface area contributed by atoms with Gasteiger partial charge in [-0.3, -0.25) is 4.21 Å². The maximum Gasteiger partial charge on any atom is 0.339 e. The fourth-order valence-corrected chi connectivity index (χ4v) is 3.02. The largest absolute Gasteiger partial charge is 0.478 e. The van der Waals surface area contributed by atoms with E-state index in [4.69, 9.17) is 16.7 Å². The van der Waals surface area contributed by atoms with Crippen LogP contribution >= 0.6 is 11.6 Å². The minimum Gasteiger partial charge on any atom is -0.478 e. The number of hydrogen-bond acceptors (Lipinski definition) is 4. The van der Waals surface area contributed by atoms with Crippen LogP contribution in [-0.4, -0.2) is 25.3 Å². The first-order chi connectivity index (χ1) is 9.09. The maximum absolute atomic E-state index is 12.2. The topological polar surface area (TPSA) is 80.2 Å².